The molecule has 0 unspecified atom stereocenters. The first kappa shape index (κ1) is 15.0. The summed E-state index contributed by atoms with van der Waals surface area (Å²) in [5.74, 6) is -0.0980. The maximum Gasteiger partial charge on any atom is 0.337 e. The van der Waals surface area contributed by atoms with Gasteiger partial charge in [-0.25, -0.2) is 13.2 Å². The van der Waals surface area contributed by atoms with E-state index in [0.717, 1.165) is 6.26 Å². The summed E-state index contributed by atoms with van der Waals surface area (Å²) in [6, 6.07) is 7.39. The number of carbonyl (C=O) groups is 1. The van der Waals surface area contributed by atoms with Gasteiger partial charge in [-0.1, -0.05) is 0 Å². The molecule has 1 heterocycles. The molecule has 110 valence electrons. The van der Waals surface area contributed by atoms with Crippen LogP contribution in [0.25, 0.3) is 0 Å². The van der Waals surface area contributed by atoms with E-state index >= 15 is 0 Å². The molecule has 0 aliphatic rings. The second kappa shape index (κ2) is 5.92. The summed E-state index contributed by atoms with van der Waals surface area (Å²) in [6.45, 7) is 0. The molecule has 1 aromatic carbocycles. The Hall–Kier alpha value is -2.41. The summed E-state index contributed by atoms with van der Waals surface area (Å²) in [4.78, 5) is 15.3. The second-order valence-corrected chi connectivity index (χ2v) is 6.20. The lowest BCUT2D eigenvalue weighted by Gasteiger charge is -2.11. The van der Waals surface area contributed by atoms with Crippen LogP contribution >= 0.6 is 0 Å². The van der Waals surface area contributed by atoms with E-state index in [9.17, 15) is 13.2 Å². The van der Waals surface area contributed by atoms with E-state index in [4.69, 9.17) is 4.74 Å². The van der Waals surface area contributed by atoms with Gasteiger partial charge in [0.1, 0.15) is 16.4 Å². The fourth-order valence-electron chi connectivity index (χ4n) is 1.66. The van der Waals surface area contributed by atoms with Crippen molar-refractivity contribution in [2.45, 2.75) is 4.90 Å². The van der Waals surface area contributed by atoms with Gasteiger partial charge < -0.3 is 9.47 Å². The summed E-state index contributed by atoms with van der Waals surface area (Å²) >= 11 is 0. The summed E-state index contributed by atoms with van der Waals surface area (Å²) in [6.07, 6.45) is 4.07. The topological polar surface area (TPSA) is 82.6 Å². The lowest BCUT2D eigenvalue weighted by atomic mass is 10.2. The van der Waals surface area contributed by atoms with E-state index in [2.05, 4.69) is 9.72 Å². The minimum Gasteiger partial charge on any atom is -0.465 e. The van der Waals surface area contributed by atoms with Crippen molar-refractivity contribution >= 4 is 15.8 Å². The number of nitrogens with zero attached hydrogens (tertiary/aromatic N) is 1. The lowest BCUT2D eigenvalue weighted by molar-refractivity contribution is 0.0600. The summed E-state index contributed by atoms with van der Waals surface area (Å²) in [5.41, 5.74) is 0.136. The number of methoxy groups -OCH3 is 1. The number of esters is 1. The van der Waals surface area contributed by atoms with Crippen LogP contribution in [0.5, 0.6) is 11.5 Å². The Bertz CT molecular complexity index is 756. The number of rotatable bonds is 4. The Labute approximate surface area is 122 Å². The molecule has 2 aromatic rings. The zero-order valence-corrected chi connectivity index (χ0v) is 12.3. The fraction of sp³-hybridized carbons (Fsp3) is 0.143. The van der Waals surface area contributed by atoms with Crippen LogP contribution in [0.4, 0.5) is 0 Å². The zero-order valence-electron chi connectivity index (χ0n) is 11.4. The van der Waals surface area contributed by atoms with Gasteiger partial charge in [-0.15, -0.1) is 0 Å². The van der Waals surface area contributed by atoms with Crippen molar-refractivity contribution in [1.29, 1.82) is 0 Å². The predicted molar refractivity (Wildman–Crippen MR) is 75.2 cm³/mol. The van der Waals surface area contributed by atoms with Crippen molar-refractivity contribution in [2.24, 2.45) is 0 Å². The summed E-state index contributed by atoms with van der Waals surface area (Å²) < 4.78 is 33.8. The minimum atomic E-state index is -3.57. The maximum absolute atomic E-state index is 11.9. The Kier molecular flexibility index (Phi) is 4.23. The molecule has 0 N–H and O–H groups in total. The average Bonchev–Trinajstić information content (AvgIpc) is 2.47. The molecule has 0 aliphatic carbocycles. The first-order chi connectivity index (χ1) is 9.91. The third-order valence-corrected chi connectivity index (χ3v) is 3.74. The molecule has 7 heteroatoms. The lowest BCUT2D eigenvalue weighted by Crippen LogP contribution is -2.06. The van der Waals surface area contributed by atoms with Crippen LogP contribution in [0.2, 0.25) is 0 Å². The smallest absolute Gasteiger partial charge is 0.337 e. The summed E-state index contributed by atoms with van der Waals surface area (Å²) in [7, 11) is -2.35. The van der Waals surface area contributed by atoms with Crippen molar-refractivity contribution in [1.82, 2.24) is 4.98 Å². The van der Waals surface area contributed by atoms with E-state index in [1.807, 2.05) is 0 Å². The zero-order chi connectivity index (χ0) is 15.5. The van der Waals surface area contributed by atoms with Crippen LogP contribution in [0.15, 0.2) is 47.6 Å². The van der Waals surface area contributed by atoms with Gasteiger partial charge in [0.25, 0.3) is 0 Å². The van der Waals surface area contributed by atoms with Gasteiger partial charge in [-0.05, 0) is 30.3 Å². The van der Waals surface area contributed by atoms with Gasteiger partial charge >= 0.3 is 5.97 Å². The normalized spacial score (nSPS) is 11.0. The van der Waals surface area contributed by atoms with Crippen molar-refractivity contribution in [3.05, 3.63) is 48.3 Å². The Morgan fingerprint density at radius 1 is 1.24 bits per heavy atom. The van der Waals surface area contributed by atoms with Crippen LogP contribution in [0.3, 0.4) is 0 Å². The van der Waals surface area contributed by atoms with E-state index in [-0.39, 0.29) is 16.2 Å². The molecule has 0 fully saturated rings. The van der Waals surface area contributed by atoms with Crippen LogP contribution in [-0.2, 0) is 14.6 Å². The van der Waals surface area contributed by atoms with Gasteiger partial charge in [0.15, 0.2) is 9.84 Å². The first-order valence-corrected chi connectivity index (χ1v) is 7.81. The molecule has 0 spiro atoms. The molecule has 0 saturated heterocycles. The van der Waals surface area contributed by atoms with Crippen molar-refractivity contribution < 1.29 is 22.7 Å². The highest BCUT2D eigenvalue weighted by atomic mass is 32.2. The fourth-order valence-corrected chi connectivity index (χ4v) is 2.48. The van der Waals surface area contributed by atoms with Gasteiger partial charge in [0.05, 0.1) is 18.9 Å². The summed E-state index contributed by atoms with van der Waals surface area (Å²) in [5, 5.41) is 0. The molecule has 2 rings (SSSR count). The minimum absolute atomic E-state index is 0.0887. The third-order valence-electron chi connectivity index (χ3n) is 2.63. The quantitative estimate of drug-likeness (QED) is 0.804. The van der Waals surface area contributed by atoms with Gasteiger partial charge in [-0.3, -0.25) is 4.98 Å². The van der Waals surface area contributed by atoms with Crippen LogP contribution in [-0.4, -0.2) is 32.7 Å². The van der Waals surface area contributed by atoms with E-state index in [0.29, 0.717) is 5.75 Å². The van der Waals surface area contributed by atoms with E-state index in [1.54, 1.807) is 18.3 Å². The highest BCUT2D eigenvalue weighted by Crippen LogP contribution is 2.29. The number of hydrogen-bond acceptors (Lipinski definition) is 6. The van der Waals surface area contributed by atoms with Crippen molar-refractivity contribution in [3.8, 4) is 11.5 Å². The highest BCUT2D eigenvalue weighted by molar-refractivity contribution is 7.90. The Morgan fingerprint density at radius 2 is 2.00 bits per heavy atom. The Morgan fingerprint density at radius 3 is 2.57 bits per heavy atom. The van der Waals surface area contributed by atoms with Crippen LogP contribution < -0.4 is 4.74 Å². The molecular weight excluding hydrogens is 294 g/mol. The number of aromatic nitrogens is 1. The molecule has 0 radical (unpaired) electrons. The van der Waals surface area contributed by atoms with Gasteiger partial charge in [0, 0.05) is 12.5 Å². The molecule has 21 heavy (non-hydrogen) atoms. The molecule has 0 amide bonds. The SMILES string of the molecule is COC(=O)c1ccc(Oc2cccnc2)c(S(C)(=O)=O)c1. The van der Waals surface area contributed by atoms with E-state index in [1.165, 1.54) is 31.5 Å². The molecule has 0 saturated carbocycles. The molecular formula is C14H13NO5S. The van der Waals surface area contributed by atoms with Crippen LogP contribution in [0, 0.1) is 0 Å². The van der Waals surface area contributed by atoms with Crippen molar-refractivity contribution in [2.75, 3.05) is 13.4 Å². The number of sulfone groups is 1. The standard InChI is InChI=1S/C14H13NO5S/c1-19-14(16)10-5-6-12(13(8-10)21(2,17)18)20-11-4-3-7-15-9-11/h3-9H,1-2H3. The number of carbonyl (C=O) groups excluding carboxylic acids is 1. The number of pyridine rings is 1. The Balaban J connectivity index is 2.48. The first-order valence-electron chi connectivity index (χ1n) is 5.92. The van der Waals surface area contributed by atoms with Gasteiger partial charge in [-0.2, -0.15) is 0 Å². The molecule has 1 aromatic heterocycles. The number of hydrogen-bond donors (Lipinski definition) is 0. The highest BCUT2D eigenvalue weighted by Gasteiger charge is 2.18. The molecule has 6 nitrogen and oxygen atoms in total. The number of ether oxygens (including phenoxy) is 2. The maximum atomic E-state index is 11.9. The molecule has 0 bridgehead atoms. The second-order valence-electron chi connectivity index (χ2n) is 4.22. The monoisotopic (exact) mass is 307 g/mol. The largest absolute Gasteiger partial charge is 0.465 e. The van der Waals surface area contributed by atoms with Crippen LogP contribution in [0.1, 0.15) is 10.4 Å². The predicted octanol–water partition coefficient (Wildman–Crippen LogP) is 2.06. The number of benzene rings is 1. The van der Waals surface area contributed by atoms with Crippen molar-refractivity contribution in [3.63, 3.8) is 0 Å². The van der Waals surface area contributed by atoms with Gasteiger partial charge in [0.2, 0.25) is 0 Å². The molecule has 0 atom stereocenters. The van der Waals surface area contributed by atoms with E-state index < -0.39 is 15.8 Å². The third kappa shape index (κ3) is 3.57. The average molecular weight is 307 g/mol. The molecule has 0 aliphatic heterocycles.